The van der Waals surface area contributed by atoms with E-state index in [2.05, 4.69) is 9.82 Å². The van der Waals surface area contributed by atoms with E-state index >= 15 is 0 Å². The lowest BCUT2D eigenvalue weighted by Crippen LogP contribution is -2.46. The van der Waals surface area contributed by atoms with Crippen LogP contribution >= 0.6 is 0 Å². The molecule has 2 N–H and O–H groups in total. The molecule has 1 amide bonds. The van der Waals surface area contributed by atoms with E-state index in [-0.39, 0.29) is 23.2 Å². The molecule has 0 saturated carbocycles. The first kappa shape index (κ1) is 17.4. The molecule has 0 radical (unpaired) electrons. The SMILES string of the molecule is CS(=O)(=O)NC1CCN(C(=O)c2cc(=O)n(-c3ccccc3)[nH]2)CC1. The number of likely N-dealkylation sites (tertiary alicyclic amines) is 1. The summed E-state index contributed by atoms with van der Waals surface area (Å²) in [5.41, 5.74) is 0.578. The van der Waals surface area contributed by atoms with Gasteiger partial charge in [-0.05, 0) is 25.0 Å². The fourth-order valence-corrected chi connectivity index (χ4v) is 3.79. The summed E-state index contributed by atoms with van der Waals surface area (Å²) in [4.78, 5) is 26.3. The number of benzene rings is 1. The fourth-order valence-electron chi connectivity index (χ4n) is 2.95. The Balaban J connectivity index is 1.70. The molecule has 0 unspecified atom stereocenters. The van der Waals surface area contributed by atoms with Crippen molar-refractivity contribution in [2.24, 2.45) is 0 Å². The van der Waals surface area contributed by atoms with Gasteiger partial charge in [-0.15, -0.1) is 0 Å². The molecule has 0 bridgehead atoms. The molecule has 1 fully saturated rings. The Bertz CT molecular complexity index is 909. The van der Waals surface area contributed by atoms with Gasteiger partial charge >= 0.3 is 0 Å². The number of H-pyrrole nitrogens is 1. The standard InChI is InChI=1S/C16H20N4O4S/c1-25(23,24)18-12-7-9-19(10-8-12)16(22)14-11-15(21)20(17-14)13-5-3-2-4-6-13/h2-6,11-12,17-18H,7-10H2,1H3. The molecule has 134 valence electrons. The molecular weight excluding hydrogens is 344 g/mol. The fraction of sp³-hybridized carbons (Fsp3) is 0.375. The van der Waals surface area contributed by atoms with Crippen molar-refractivity contribution < 1.29 is 13.2 Å². The first-order valence-electron chi connectivity index (χ1n) is 7.97. The zero-order chi connectivity index (χ0) is 18.0. The summed E-state index contributed by atoms with van der Waals surface area (Å²) in [6.45, 7) is 0.870. The summed E-state index contributed by atoms with van der Waals surface area (Å²) in [7, 11) is -3.25. The van der Waals surface area contributed by atoms with Crippen LogP contribution in [0.25, 0.3) is 5.69 Å². The van der Waals surface area contributed by atoms with Crippen LogP contribution in [0, 0.1) is 0 Å². The van der Waals surface area contributed by atoms with E-state index in [4.69, 9.17) is 0 Å². The van der Waals surface area contributed by atoms with E-state index < -0.39 is 10.0 Å². The molecule has 0 spiro atoms. The normalized spacial score (nSPS) is 16.1. The number of piperidine rings is 1. The average molecular weight is 364 g/mol. The van der Waals surface area contributed by atoms with Crippen LogP contribution in [-0.4, -0.2) is 54.4 Å². The Labute approximate surface area is 145 Å². The van der Waals surface area contributed by atoms with Gasteiger partial charge in [0.2, 0.25) is 10.0 Å². The number of rotatable bonds is 4. The van der Waals surface area contributed by atoms with Crippen LogP contribution in [-0.2, 0) is 10.0 Å². The van der Waals surface area contributed by atoms with Crippen LogP contribution in [0.4, 0.5) is 0 Å². The van der Waals surface area contributed by atoms with E-state index in [1.807, 2.05) is 18.2 Å². The molecule has 9 heteroatoms. The van der Waals surface area contributed by atoms with Crippen molar-refractivity contribution in [3.05, 3.63) is 52.4 Å². The van der Waals surface area contributed by atoms with Crippen molar-refractivity contribution >= 4 is 15.9 Å². The van der Waals surface area contributed by atoms with Gasteiger partial charge in [0.1, 0.15) is 5.69 Å². The molecule has 1 aromatic carbocycles. The zero-order valence-electron chi connectivity index (χ0n) is 13.8. The number of aromatic amines is 1. The predicted octanol–water partition coefficient (Wildman–Crippen LogP) is 0.319. The minimum atomic E-state index is -3.25. The van der Waals surface area contributed by atoms with Crippen molar-refractivity contribution in [3.63, 3.8) is 0 Å². The van der Waals surface area contributed by atoms with Crippen LogP contribution in [0.3, 0.4) is 0 Å². The maximum Gasteiger partial charge on any atom is 0.271 e. The second-order valence-corrected chi connectivity index (χ2v) is 7.92. The van der Waals surface area contributed by atoms with Gasteiger partial charge in [0, 0.05) is 25.2 Å². The lowest BCUT2D eigenvalue weighted by Gasteiger charge is -2.31. The van der Waals surface area contributed by atoms with Gasteiger partial charge in [-0.3, -0.25) is 14.7 Å². The number of nitrogens with one attached hydrogen (secondary N) is 2. The molecule has 0 atom stereocenters. The van der Waals surface area contributed by atoms with Gasteiger partial charge in [-0.1, -0.05) is 18.2 Å². The van der Waals surface area contributed by atoms with Crippen molar-refractivity contribution in [2.45, 2.75) is 18.9 Å². The highest BCUT2D eigenvalue weighted by molar-refractivity contribution is 7.88. The largest absolute Gasteiger partial charge is 0.337 e. The van der Waals surface area contributed by atoms with E-state index in [0.29, 0.717) is 31.6 Å². The van der Waals surface area contributed by atoms with Crippen molar-refractivity contribution in [2.75, 3.05) is 19.3 Å². The summed E-state index contributed by atoms with van der Waals surface area (Å²) in [6.07, 6.45) is 2.21. The number of carbonyl (C=O) groups excluding carboxylic acids is 1. The third-order valence-electron chi connectivity index (χ3n) is 4.13. The number of hydrogen-bond acceptors (Lipinski definition) is 4. The Morgan fingerprint density at radius 2 is 1.84 bits per heavy atom. The lowest BCUT2D eigenvalue weighted by atomic mass is 10.1. The molecule has 1 aromatic heterocycles. The van der Waals surface area contributed by atoms with Crippen LogP contribution < -0.4 is 10.3 Å². The summed E-state index contributed by atoms with van der Waals surface area (Å²) >= 11 is 0. The van der Waals surface area contributed by atoms with E-state index in [1.54, 1.807) is 17.0 Å². The number of carbonyl (C=O) groups is 1. The summed E-state index contributed by atoms with van der Waals surface area (Å²) in [5, 5.41) is 2.85. The molecule has 1 aliphatic rings. The van der Waals surface area contributed by atoms with Gasteiger partial charge < -0.3 is 4.90 Å². The number of nitrogens with zero attached hydrogens (tertiary/aromatic N) is 2. The number of amides is 1. The topological polar surface area (TPSA) is 104 Å². The predicted molar refractivity (Wildman–Crippen MR) is 93.3 cm³/mol. The minimum absolute atomic E-state index is 0.160. The number of aromatic nitrogens is 2. The van der Waals surface area contributed by atoms with E-state index in [9.17, 15) is 18.0 Å². The van der Waals surface area contributed by atoms with Gasteiger partial charge in [-0.2, -0.15) is 0 Å². The Morgan fingerprint density at radius 3 is 2.44 bits per heavy atom. The van der Waals surface area contributed by atoms with Crippen molar-refractivity contribution in [1.82, 2.24) is 19.4 Å². The quantitative estimate of drug-likeness (QED) is 0.815. The van der Waals surface area contributed by atoms with Crippen molar-refractivity contribution in [1.29, 1.82) is 0 Å². The van der Waals surface area contributed by atoms with E-state index in [0.717, 1.165) is 6.26 Å². The second kappa shape index (κ2) is 6.85. The van der Waals surface area contributed by atoms with Gasteiger partial charge in [-0.25, -0.2) is 17.8 Å². The van der Waals surface area contributed by atoms with Gasteiger partial charge in [0.25, 0.3) is 11.5 Å². The summed E-state index contributed by atoms with van der Waals surface area (Å²) < 4.78 is 26.4. The average Bonchev–Trinajstić information content (AvgIpc) is 2.96. The maximum absolute atomic E-state index is 12.6. The Hall–Kier alpha value is -2.39. The number of hydrogen-bond donors (Lipinski definition) is 2. The second-order valence-electron chi connectivity index (χ2n) is 6.14. The first-order valence-corrected chi connectivity index (χ1v) is 9.87. The van der Waals surface area contributed by atoms with Crippen LogP contribution in [0.15, 0.2) is 41.2 Å². The van der Waals surface area contributed by atoms with Gasteiger partial charge in [0.15, 0.2) is 0 Å². The van der Waals surface area contributed by atoms with Crippen LogP contribution in [0.5, 0.6) is 0 Å². The zero-order valence-corrected chi connectivity index (χ0v) is 14.6. The highest BCUT2D eigenvalue weighted by Gasteiger charge is 2.26. The number of sulfonamides is 1. The molecular formula is C16H20N4O4S. The molecule has 8 nitrogen and oxygen atoms in total. The van der Waals surface area contributed by atoms with E-state index in [1.165, 1.54) is 10.7 Å². The third kappa shape index (κ3) is 4.18. The molecule has 3 rings (SSSR count). The maximum atomic E-state index is 12.6. The highest BCUT2D eigenvalue weighted by Crippen LogP contribution is 2.14. The van der Waals surface area contributed by atoms with Crippen molar-refractivity contribution in [3.8, 4) is 5.69 Å². The smallest absolute Gasteiger partial charge is 0.271 e. The summed E-state index contributed by atoms with van der Waals surface area (Å²) in [6, 6.07) is 10.1. The molecule has 2 heterocycles. The first-order chi connectivity index (χ1) is 11.8. The minimum Gasteiger partial charge on any atom is -0.337 e. The molecule has 1 aliphatic heterocycles. The summed E-state index contributed by atoms with van der Waals surface area (Å²) in [5.74, 6) is -0.260. The third-order valence-corrected chi connectivity index (χ3v) is 4.89. The van der Waals surface area contributed by atoms with Crippen LogP contribution in [0.1, 0.15) is 23.3 Å². The monoisotopic (exact) mass is 364 g/mol. The van der Waals surface area contributed by atoms with Gasteiger partial charge in [0.05, 0.1) is 11.9 Å². The Kier molecular flexibility index (Phi) is 4.78. The molecule has 0 aliphatic carbocycles. The molecule has 2 aromatic rings. The highest BCUT2D eigenvalue weighted by atomic mass is 32.2. The Morgan fingerprint density at radius 1 is 1.20 bits per heavy atom. The lowest BCUT2D eigenvalue weighted by molar-refractivity contribution is 0.0705. The molecule has 25 heavy (non-hydrogen) atoms. The molecule has 1 saturated heterocycles. The van der Waals surface area contributed by atoms with Crippen LogP contribution in [0.2, 0.25) is 0 Å². The number of para-hydroxylation sites is 1.